The maximum atomic E-state index is 9.50. The number of hydrogen-bond acceptors (Lipinski definition) is 2. The second-order valence-corrected chi connectivity index (χ2v) is 4.61. The third-order valence-electron chi connectivity index (χ3n) is 4.22. The molecule has 2 aliphatic rings. The van der Waals surface area contributed by atoms with E-state index in [4.69, 9.17) is 0 Å². The molecule has 0 radical (unpaired) electrons. The summed E-state index contributed by atoms with van der Waals surface area (Å²) in [5, 5.41) is 19.0. The van der Waals surface area contributed by atoms with E-state index in [0.717, 1.165) is 32.1 Å². The third kappa shape index (κ3) is 1.09. The lowest BCUT2D eigenvalue weighted by Gasteiger charge is -2.45. The van der Waals surface area contributed by atoms with E-state index in [2.05, 4.69) is 12.2 Å². The molecule has 2 nitrogen and oxygen atoms in total. The SMILES string of the molecule is OCC12CC=CCC1(CO)CCC2. The van der Waals surface area contributed by atoms with Gasteiger partial charge in [0.15, 0.2) is 0 Å². The van der Waals surface area contributed by atoms with Gasteiger partial charge >= 0.3 is 0 Å². The van der Waals surface area contributed by atoms with Gasteiger partial charge in [-0.3, -0.25) is 0 Å². The van der Waals surface area contributed by atoms with Crippen LogP contribution in [0.25, 0.3) is 0 Å². The summed E-state index contributed by atoms with van der Waals surface area (Å²) in [5.74, 6) is 0. The Hall–Kier alpha value is -0.340. The Bertz CT molecular complexity index is 202. The molecule has 2 aliphatic carbocycles. The van der Waals surface area contributed by atoms with Gasteiger partial charge in [-0.25, -0.2) is 0 Å². The highest BCUT2D eigenvalue weighted by Gasteiger charge is 2.53. The summed E-state index contributed by atoms with van der Waals surface area (Å²) in [6.07, 6.45) is 9.53. The van der Waals surface area contributed by atoms with E-state index in [1.54, 1.807) is 0 Å². The second-order valence-electron chi connectivity index (χ2n) is 4.61. The molecular weight excluding hydrogens is 164 g/mol. The molecule has 74 valence electrons. The summed E-state index contributed by atoms with van der Waals surface area (Å²) in [4.78, 5) is 0. The summed E-state index contributed by atoms with van der Waals surface area (Å²) < 4.78 is 0. The number of allylic oxidation sites excluding steroid dienone is 2. The van der Waals surface area contributed by atoms with Crippen molar-refractivity contribution in [2.75, 3.05) is 13.2 Å². The van der Waals surface area contributed by atoms with Crippen LogP contribution in [0, 0.1) is 10.8 Å². The molecule has 0 heterocycles. The quantitative estimate of drug-likeness (QED) is 0.635. The Kier molecular flexibility index (Phi) is 2.20. The zero-order valence-corrected chi connectivity index (χ0v) is 8.00. The van der Waals surface area contributed by atoms with Crippen LogP contribution in [-0.2, 0) is 0 Å². The van der Waals surface area contributed by atoms with Crippen LogP contribution >= 0.6 is 0 Å². The molecule has 1 saturated carbocycles. The van der Waals surface area contributed by atoms with Gasteiger partial charge in [0.05, 0.1) is 0 Å². The second kappa shape index (κ2) is 3.10. The zero-order valence-electron chi connectivity index (χ0n) is 8.00. The van der Waals surface area contributed by atoms with Gasteiger partial charge in [0, 0.05) is 24.0 Å². The van der Waals surface area contributed by atoms with Crippen LogP contribution in [0.3, 0.4) is 0 Å². The van der Waals surface area contributed by atoms with Gasteiger partial charge in [-0.2, -0.15) is 0 Å². The molecule has 2 N–H and O–H groups in total. The van der Waals surface area contributed by atoms with Crippen LogP contribution in [0.1, 0.15) is 32.1 Å². The lowest BCUT2D eigenvalue weighted by Crippen LogP contribution is -2.44. The average Bonchev–Trinajstić information content (AvgIpc) is 2.58. The standard InChI is InChI=1S/C11H18O2/c12-8-10-4-1-2-5-11(10,9-13)7-3-6-10/h1-2,12-13H,3-9H2. The minimum atomic E-state index is -0.00347. The van der Waals surface area contributed by atoms with E-state index in [1.165, 1.54) is 0 Å². The van der Waals surface area contributed by atoms with Crippen molar-refractivity contribution in [1.82, 2.24) is 0 Å². The molecule has 0 spiro atoms. The van der Waals surface area contributed by atoms with Crippen LogP contribution in [-0.4, -0.2) is 23.4 Å². The number of rotatable bonds is 2. The first-order valence-electron chi connectivity index (χ1n) is 5.15. The fraction of sp³-hybridized carbons (Fsp3) is 0.818. The topological polar surface area (TPSA) is 40.5 Å². The highest BCUT2D eigenvalue weighted by molar-refractivity contribution is 5.12. The van der Waals surface area contributed by atoms with Gasteiger partial charge in [0.2, 0.25) is 0 Å². The highest BCUT2D eigenvalue weighted by atomic mass is 16.3. The monoisotopic (exact) mass is 182 g/mol. The molecule has 0 aromatic heterocycles. The van der Waals surface area contributed by atoms with Gasteiger partial charge in [-0.15, -0.1) is 0 Å². The van der Waals surface area contributed by atoms with Gasteiger partial charge < -0.3 is 10.2 Å². The van der Waals surface area contributed by atoms with Crippen molar-refractivity contribution < 1.29 is 10.2 Å². The first kappa shape index (κ1) is 9.22. The average molecular weight is 182 g/mol. The first-order valence-corrected chi connectivity index (χ1v) is 5.15. The largest absolute Gasteiger partial charge is 0.396 e. The molecular formula is C11H18O2. The van der Waals surface area contributed by atoms with Crippen LogP contribution in [0.2, 0.25) is 0 Å². The number of fused-ring (bicyclic) bond motifs is 1. The predicted molar refractivity (Wildman–Crippen MR) is 51.3 cm³/mol. The van der Waals surface area contributed by atoms with Crippen LogP contribution in [0.5, 0.6) is 0 Å². The van der Waals surface area contributed by atoms with E-state index in [0.29, 0.717) is 0 Å². The van der Waals surface area contributed by atoms with E-state index >= 15 is 0 Å². The summed E-state index contributed by atoms with van der Waals surface area (Å²) in [7, 11) is 0. The molecule has 13 heavy (non-hydrogen) atoms. The van der Waals surface area contributed by atoms with Gasteiger partial charge in [-0.1, -0.05) is 18.6 Å². The van der Waals surface area contributed by atoms with Crippen molar-refractivity contribution in [3.63, 3.8) is 0 Å². The van der Waals surface area contributed by atoms with Crippen molar-refractivity contribution >= 4 is 0 Å². The molecule has 0 saturated heterocycles. The summed E-state index contributed by atoms with van der Waals surface area (Å²) in [5.41, 5.74) is -0.00694. The van der Waals surface area contributed by atoms with Crippen LogP contribution in [0.15, 0.2) is 12.2 Å². The molecule has 0 bridgehead atoms. The van der Waals surface area contributed by atoms with E-state index in [-0.39, 0.29) is 24.0 Å². The van der Waals surface area contributed by atoms with Crippen molar-refractivity contribution in [2.45, 2.75) is 32.1 Å². The molecule has 0 aliphatic heterocycles. The number of hydrogen-bond donors (Lipinski definition) is 2. The molecule has 2 unspecified atom stereocenters. The van der Waals surface area contributed by atoms with Crippen LogP contribution in [0.4, 0.5) is 0 Å². The minimum absolute atomic E-state index is 0.00347. The van der Waals surface area contributed by atoms with E-state index in [9.17, 15) is 10.2 Å². The predicted octanol–water partition coefficient (Wildman–Crippen LogP) is 1.48. The van der Waals surface area contributed by atoms with Crippen molar-refractivity contribution in [3.8, 4) is 0 Å². The maximum absolute atomic E-state index is 9.50. The van der Waals surface area contributed by atoms with E-state index in [1.807, 2.05) is 0 Å². The van der Waals surface area contributed by atoms with E-state index < -0.39 is 0 Å². The lowest BCUT2D eigenvalue weighted by atomic mass is 9.60. The highest BCUT2D eigenvalue weighted by Crippen LogP contribution is 2.58. The fourth-order valence-electron chi connectivity index (χ4n) is 3.17. The smallest absolute Gasteiger partial charge is 0.0496 e. The van der Waals surface area contributed by atoms with Crippen LogP contribution < -0.4 is 0 Å². The number of aliphatic hydroxyl groups is 2. The molecule has 2 atom stereocenters. The minimum Gasteiger partial charge on any atom is -0.396 e. The molecule has 0 aromatic carbocycles. The Morgan fingerprint density at radius 2 is 1.38 bits per heavy atom. The molecule has 2 rings (SSSR count). The van der Waals surface area contributed by atoms with Gasteiger partial charge in [-0.05, 0) is 25.7 Å². The summed E-state index contributed by atoms with van der Waals surface area (Å²) in [6.45, 7) is 0.468. The maximum Gasteiger partial charge on any atom is 0.0496 e. The Balaban J connectivity index is 2.34. The zero-order chi connectivity index (χ0) is 9.36. The molecule has 0 amide bonds. The normalized spacial score (nSPS) is 43.5. The lowest BCUT2D eigenvalue weighted by molar-refractivity contribution is -0.0335. The Morgan fingerprint density at radius 3 is 1.77 bits per heavy atom. The fourth-order valence-corrected chi connectivity index (χ4v) is 3.17. The first-order chi connectivity index (χ1) is 6.29. The summed E-state index contributed by atoms with van der Waals surface area (Å²) in [6, 6.07) is 0. The molecule has 0 aromatic rings. The van der Waals surface area contributed by atoms with Crippen molar-refractivity contribution in [3.05, 3.63) is 12.2 Å². The summed E-state index contributed by atoms with van der Waals surface area (Å²) >= 11 is 0. The number of aliphatic hydroxyl groups excluding tert-OH is 2. The van der Waals surface area contributed by atoms with Gasteiger partial charge in [0.25, 0.3) is 0 Å². The molecule has 1 fully saturated rings. The Morgan fingerprint density at radius 1 is 0.923 bits per heavy atom. The van der Waals surface area contributed by atoms with Gasteiger partial charge in [0.1, 0.15) is 0 Å². The van der Waals surface area contributed by atoms with Crippen molar-refractivity contribution in [2.24, 2.45) is 10.8 Å². The molecule has 2 heteroatoms. The van der Waals surface area contributed by atoms with Crippen molar-refractivity contribution in [1.29, 1.82) is 0 Å². The third-order valence-corrected chi connectivity index (χ3v) is 4.22. The Labute approximate surface area is 79.3 Å².